The third kappa shape index (κ3) is 4.90. The Morgan fingerprint density at radius 2 is 1.60 bits per heavy atom. The largest absolute Gasteiger partial charge is 0.481 e. The maximum atomic E-state index is 12.9. The molecule has 0 N–H and O–H groups in total. The lowest BCUT2D eigenvalue weighted by Gasteiger charge is -2.36. The summed E-state index contributed by atoms with van der Waals surface area (Å²) < 4.78 is 7.19. The number of aryl methyl sites for hydroxylation is 2. The summed E-state index contributed by atoms with van der Waals surface area (Å²) >= 11 is 1.39. The van der Waals surface area contributed by atoms with E-state index in [2.05, 4.69) is 5.10 Å². The summed E-state index contributed by atoms with van der Waals surface area (Å²) in [5.74, 6) is 1.26. The summed E-state index contributed by atoms with van der Waals surface area (Å²) in [4.78, 5) is 34.8. The van der Waals surface area contributed by atoms with Gasteiger partial charge in [-0.3, -0.25) is 9.59 Å². The van der Waals surface area contributed by atoms with Gasteiger partial charge < -0.3 is 14.5 Å². The molecular weight excluding hydrogens is 462 g/mol. The number of piperazine rings is 1. The number of amides is 1. The Kier molecular flexibility index (Phi) is 6.25. The zero-order valence-corrected chi connectivity index (χ0v) is 20.8. The van der Waals surface area contributed by atoms with Crippen molar-refractivity contribution in [3.8, 4) is 16.3 Å². The second kappa shape index (κ2) is 9.50. The van der Waals surface area contributed by atoms with Crippen molar-refractivity contribution in [3.63, 3.8) is 0 Å². The SMILES string of the molecule is Cc1ccc(OC(C)C(=O)N2CCN(c3cc(=O)n4nc(-c5ccc(C)cc5)sc4n3)CC2)cc1. The molecule has 3 heterocycles. The first-order valence-corrected chi connectivity index (χ1v) is 12.4. The molecule has 5 rings (SSSR count). The topological polar surface area (TPSA) is 80.0 Å². The fourth-order valence-corrected chi connectivity index (χ4v) is 4.96. The van der Waals surface area contributed by atoms with Crippen LogP contribution < -0.4 is 15.2 Å². The Morgan fingerprint density at radius 1 is 0.971 bits per heavy atom. The monoisotopic (exact) mass is 489 g/mol. The third-order valence-corrected chi connectivity index (χ3v) is 7.08. The van der Waals surface area contributed by atoms with E-state index in [1.807, 2.05) is 72.2 Å². The van der Waals surface area contributed by atoms with E-state index in [1.54, 1.807) is 6.92 Å². The van der Waals surface area contributed by atoms with E-state index in [-0.39, 0.29) is 11.5 Å². The number of carbonyl (C=O) groups is 1. The van der Waals surface area contributed by atoms with E-state index in [4.69, 9.17) is 9.72 Å². The van der Waals surface area contributed by atoms with Crippen molar-refractivity contribution in [2.45, 2.75) is 26.9 Å². The van der Waals surface area contributed by atoms with Crippen molar-refractivity contribution in [1.82, 2.24) is 19.5 Å². The average Bonchev–Trinajstić information content (AvgIpc) is 3.30. The number of fused-ring (bicyclic) bond motifs is 1. The Labute approximate surface area is 207 Å². The van der Waals surface area contributed by atoms with Crippen molar-refractivity contribution < 1.29 is 9.53 Å². The molecule has 0 bridgehead atoms. The van der Waals surface area contributed by atoms with E-state index in [0.29, 0.717) is 42.7 Å². The molecule has 8 nitrogen and oxygen atoms in total. The summed E-state index contributed by atoms with van der Waals surface area (Å²) in [6, 6.07) is 17.2. The molecule has 35 heavy (non-hydrogen) atoms. The quantitative estimate of drug-likeness (QED) is 0.427. The smallest absolute Gasteiger partial charge is 0.277 e. The van der Waals surface area contributed by atoms with E-state index in [9.17, 15) is 9.59 Å². The van der Waals surface area contributed by atoms with Crippen LogP contribution in [0, 0.1) is 13.8 Å². The van der Waals surface area contributed by atoms with Gasteiger partial charge in [0.25, 0.3) is 11.5 Å². The molecule has 1 amide bonds. The molecule has 0 saturated carbocycles. The predicted octanol–water partition coefficient (Wildman–Crippen LogP) is 3.55. The van der Waals surface area contributed by atoms with Crippen molar-refractivity contribution in [3.05, 3.63) is 76.1 Å². The minimum atomic E-state index is -0.569. The second-order valence-corrected chi connectivity index (χ2v) is 9.76. The first kappa shape index (κ1) is 23.0. The van der Waals surface area contributed by atoms with Crippen LogP contribution in [0.15, 0.2) is 59.4 Å². The second-order valence-electron chi connectivity index (χ2n) is 8.81. The first-order valence-electron chi connectivity index (χ1n) is 11.6. The van der Waals surface area contributed by atoms with Gasteiger partial charge in [-0.05, 0) is 32.9 Å². The summed E-state index contributed by atoms with van der Waals surface area (Å²) in [7, 11) is 0. The van der Waals surface area contributed by atoms with Crippen LogP contribution in [0.1, 0.15) is 18.1 Å². The number of benzene rings is 2. The molecule has 2 aromatic carbocycles. The fraction of sp³-hybridized carbons (Fsp3) is 0.308. The normalized spacial score (nSPS) is 14.8. The van der Waals surface area contributed by atoms with Crippen LogP contribution >= 0.6 is 11.3 Å². The van der Waals surface area contributed by atoms with E-state index in [0.717, 1.165) is 16.1 Å². The Hall–Kier alpha value is -3.72. The molecule has 4 aromatic rings. The van der Waals surface area contributed by atoms with Gasteiger partial charge in [0.15, 0.2) is 6.10 Å². The van der Waals surface area contributed by atoms with Gasteiger partial charge in [0.2, 0.25) is 4.96 Å². The van der Waals surface area contributed by atoms with Crippen LogP contribution in [0.2, 0.25) is 0 Å². The van der Waals surface area contributed by atoms with E-state index >= 15 is 0 Å². The number of nitrogens with zero attached hydrogens (tertiary/aromatic N) is 5. The number of hydrogen-bond acceptors (Lipinski definition) is 7. The lowest BCUT2D eigenvalue weighted by molar-refractivity contribution is -0.138. The summed E-state index contributed by atoms with van der Waals surface area (Å²) in [6.45, 7) is 8.09. The van der Waals surface area contributed by atoms with E-state index in [1.165, 1.54) is 27.5 Å². The van der Waals surface area contributed by atoms with Gasteiger partial charge in [-0.25, -0.2) is 4.98 Å². The van der Waals surface area contributed by atoms with E-state index < -0.39 is 6.10 Å². The maximum Gasteiger partial charge on any atom is 0.277 e. The number of anilines is 1. The van der Waals surface area contributed by atoms with Crippen LogP contribution in [0.25, 0.3) is 15.5 Å². The van der Waals surface area contributed by atoms with Gasteiger partial charge in [0, 0.05) is 37.8 Å². The molecule has 1 fully saturated rings. The zero-order chi connectivity index (χ0) is 24.5. The molecule has 1 atom stereocenters. The lowest BCUT2D eigenvalue weighted by atomic mass is 10.2. The minimum Gasteiger partial charge on any atom is -0.481 e. The average molecular weight is 490 g/mol. The van der Waals surface area contributed by atoms with Crippen LogP contribution in [-0.4, -0.2) is 57.7 Å². The van der Waals surface area contributed by atoms with Gasteiger partial charge in [0.1, 0.15) is 16.6 Å². The molecule has 0 spiro atoms. The molecule has 9 heteroatoms. The third-order valence-electron chi connectivity index (χ3n) is 6.13. The minimum absolute atomic E-state index is 0.0427. The fourth-order valence-electron chi connectivity index (χ4n) is 4.06. The number of carbonyl (C=O) groups excluding carboxylic acids is 1. The zero-order valence-electron chi connectivity index (χ0n) is 20.0. The summed E-state index contributed by atoms with van der Waals surface area (Å²) in [5.41, 5.74) is 3.06. The number of aromatic nitrogens is 3. The lowest BCUT2D eigenvalue weighted by Crippen LogP contribution is -2.52. The molecule has 1 aliphatic rings. The van der Waals surface area contributed by atoms with Crippen molar-refractivity contribution >= 4 is 28.0 Å². The van der Waals surface area contributed by atoms with Gasteiger partial charge >= 0.3 is 0 Å². The maximum absolute atomic E-state index is 12.9. The Balaban J connectivity index is 1.26. The molecule has 2 aromatic heterocycles. The molecule has 1 unspecified atom stereocenters. The Morgan fingerprint density at radius 3 is 2.26 bits per heavy atom. The van der Waals surface area contributed by atoms with Crippen molar-refractivity contribution in [2.75, 3.05) is 31.1 Å². The van der Waals surface area contributed by atoms with Crippen LogP contribution in [0.4, 0.5) is 5.82 Å². The summed E-state index contributed by atoms with van der Waals surface area (Å²) in [5, 5.41) is 5.22. The number of ether oxygens (including phenoxy) is 1. The van der Waals surface area contributed by atoms with Gasteiger partial charge in [-0.1, -0.05) is 58.9 Å². The standard InChI is InChI=1S/C26H27N5O3S/c1-17-4-8-20(9-5-17)24-28-31-23(32)16-22(27-26(31)35-24)29-12-14-30(15-13-29)25(33)19(3)34-21-10-6-18(2)7-11-21/h4-11,16,19H,12-15H2,1-3H3. The van der Waals surface area contributed by atoms with Gasteiger partial charge in [0.05, 0.1) is 0 Å². The van der Waals surface area contributed by atoms with Gasteiger partial charge in [-0.15, -0.1) is 0 Å². The molecule has 1 aliphatic heterocycles. The Bertz CT molecular complexity index is 1400. The highest BCUT2D eigenvalue weighted by Crippen LogP contribution is 2.26. The highest BCUT2D eigenvalue weighted by molar-refractivity contribution is 7.19. The number of rotatable bonds is 5. The van der Waals surface area contributed by atoms with Crippen LogP contribution in [0.5, 0.6) is 5.75 Å². The highest BCUT2D eigenvalue weighted by Gasteiger charge is 2.27. The molecule has 1 saturated heterocycles. The van der Waals surface area contributed by atoms with Crippen LogP contribution in [0.3, 0.4) is 0 Å². The first-order chi connectivity index (χ1) is 16.9. The molecule has 0 radical (unpaired) electrons. The predicted molar refractivity (Wildman–Crippen MR) is 137 cm³/mol. The van der Waals surface area contributed by atoms with Gasteiger partial charge in [-0.2, -0.15) is 9.61 Å². The molecular formula is C26H27N5O3S. The van der Waals surface area contributed by atoms with Crippen molar-refractivity contribution in [1.29, 1.82) is 0 Å². The van der Waals surface area contributed by atoms with Crippen molar-refractivity contribution in [2.24, 2.45) is 0 Å². The molecule has 0 aliphatic carbocycles. The van der Waals surface area contributed by atoms with Crippen LogP contribution in [-0.2, 0) is 4.79 Å². The summed E-state index contributed by atoms with van der Waals surface area (Å²) in [6.07, 6.45) is -0.569. The number of hydrogen-bond donors (Lipinski definition) is 0. The molecule has 180 valence electrons. The highest BCUT2D eigenvalue weighted by atomic mass is 32.1.